The Labute approximate surface area is 302 Å². The van der Waals surface area contributed by atoms with Gasteiger partial charge in [0.1, 0.15) is 24.4 Å². The second kappa shape index (κ2) is 13.9. The van der Waals surface area contributed by atoms with Gasteiger partial charge in [-0.05, 0) is 43.5 Å². The Morgan fingerprint density at radius 3 is 1.71 bits per heavy atom. The van der Waals surface area contributed by atoms with Gasteiger partial charge in [-0.3, -0.25) is 19.2 Å². The molecule has 12 nitrogen and oxygen atoms in total. The second-order valence-corrected chi connectivity index (χ2v) is 15.1. The van der Waals surface area contributed by atoms with Gasteiger partial charge in [-0.25, -0.2) is 9.59 Å². The third-order valence-corrected chi connectivity index (χ3v) is 11.4. The molecule has 0 aromatic heterocycles. The van der Waals surface area contributed by atoms with Crippen LogP contribution in [0.2, 0.25) is 0 Å². The number of carbonyl (C=O) groups excluding carboxylic acids is 6. The molecular weight excluding hydrogens is 672 g/mol. The Morgan fingerprint density at radius 1 is 0.731 bits per heavy atom. The normalized spacial score (nSPS) is 34.7. The molecule has 5 rings (SSSR count). The van der Waals surface area contributed by atoms with Gasteiger partial charge < -0.3 is 28.8 Å². The van der Waals surface area contributed by atoms with Crippen molar-refractivity contribution in [1.82, 2.24) is 0 Å². The van der Waals surface area contributed by atoms with Crippen molar-refractivity contribution in [3.8, 4) is 0 Å². The highest BCUT2D eigenvalue weighted by atomic mass is 16.6. The first-order valence-corrected chi connectivity index (χ1v) is 17.3. The van der Waals surface area contributed by atoms with Crippen molar-refractivity contribution in [1.29, 1.82) is 0 Å². The van der Waals surface area contributed by atoms with Crippen molar-refractivity contribution in [3.05, 3.63) is 84.4 Å². The summed E-state index contributed by atoms with van der Waals surface area (Å²) in [6.45, 7) is 14.1. The molecule has 52 heavy (non-hydrogen) atoms. The molecule has 3 fully saturated rings. The molecule has 0 spiro atoms. The fraction of sp³-hybridized carbons (Fsp3) is 0.500. The molecule has 0 heterocycles. The predicted molar refractivity (Wildman–Crippen MR) is 184 cm³/mol. The van der Waals surface area contributed by atoms with Crippen molar-refractivity contribution in [2.75, 3.05) is 0 Å². The second-order valence-electron chi connectivity index (χ2n) is 15.1. The van der Waals surface area contributed by atoms with E-state index >= 15 is 0 Å². The van der Waals surface area contributed by atoms with E-state index in [0.717, 1.165) is 13.8 Å². The Hall–Kier alpha value is -4.84. The van der Waals surface area contributed by atoms with E-state index in [-0.39, 0.29) is 24.0 Å². The summed E-state index contributed by atoms with van der Waals surface area (Å²) in [6, 6.07) is 16.2. The average Bonchev–Trinajstić information content (AvgIpc) is 3.08. The maximum Gasteiger partial charge on any atom is 0.338 e. The topological polar surface area (TPSA) is 169 Å². The van der Waals surface area contributed by atoms with Crippen LogP contribution >= 0.6 is 0 Å². The van der Waals surface area contributed by atoms with Crippen LogP contribution < -0.4 is 0 Å². The molecule has 3 aliphatic rings. The number of hydrogen-bond donors (Lipinski definition) is 1. The Bertz CT molecular complexity index is 1750. The molecule has 0 amide bonds. The summed E-state index contributed by atoms with van der Waals surface area (Å²) in [6.07, 6.45) is -5.96. The summed E-state index contributed by atoms with van der Waals surface area (Å²) in [5.41, 5.74) is -6.47. The zero-order valence-electron chi connectivity index (χ0n) is 30.5. The molecule has 12 heteroatoms. The largest absolute Gasteiger partial charge is 0.459 e. The lowest BCUT2D eigenvalue weighted by Crippen LogP contribution is -2.81. The van der Waals surface area contributed by atoms with Crippen molar-refractivity contribution in [3.63, 3.8) is 0 Å². The number of allylic oxidation sites excluding steroid dienone is 1. The first-order chi connectivity index (χ1) is 24.3. The van der Waals surface area contributed by atoms with Crippen molar-refractivity contribution >= 4 is 35.6 Å². The minimum atomic E-state index is -2.55. The van der Waals surface area contributed by atoms with Crippen LogP contribution in [0.15, 0.2) is 73.3 Å². The van der Waals surface area contributed by atoms with Crippen LogP contribution in [0.25, 0.3) is 0 Å². The highest BCUT2D eigenvalue weighted by molar-refractivity contribution is 5.97. The number of benzene rings is 2. The molecule has 10 unspecified atom stereocenters. The van der Waals surface area contributed by atoms with Crippen molar-refractivity contribution < 1.29 is 57.6 Å². The summed E-state index contributed by atoms with van der Waals surface area (Å²) < 4.78 is 30.2. The highest BCUT2D eigenvalue weighted by Crippen LogP contribution is 2.68. The molecule has 0 radical (unpaired) electrons. The Balaban J connectivity index is 1.82. The van der Waals surface area contributed by atoms with Crippen LogP contribution in [0.1, 0.15) is 82.0 Å². The van der Waals surface area contributed by atoms with Gasteiger partial charge in [0.2, 0.25) is 0 Å². The number of rotatable bonds is 8. The first-order valence-electron chi connectivity index (χ1n) is 17.3. The number of ether oxygens (including phenoxy) is 5. The van der Waals surface area contributed by atoms with E-state index in [1.54, 1.807) is 76.2 Å². The summed E-state index contributed by atoms with van der Waals surface area (Å²) >= 11 is 0. The van der Waals surface area contributed by atoms with E-state index in [1.807, 2.05) is 0 Å². The monoisotopic (exact) mass is 718 g/mol. The summed E-state index contributed by atoms with van der Waals surface area (Å²) in [7, 11) is 0. The van der Waals surface area contributed by atoms with Gasteiger partial charge >= 0.3 is 29.8 Å². The molecule has 0 saturated heterocycles. The fourth-order valence-corrected chi connectivity index (χ4v) is 9.28. The number of fused-ring (bicyclic) bond motifs is 3. The number of carbonyl (C=O) groups is 6. The zero-order chi connectivity index (χ0) is 38.4. The zero-order valence-corrected chi connectivity index (χ0v) is 30.5. The van der Waals surface area contributed by atoms with Gasteiger partial charge in [0, 0.05) is 43.9 Å². The number of Topliss-reactive ketones (excluding diaryl/α,β-unsaturated/α-hetero) is 1. The number of hydrogen-bond acceptors (Lipinski definition) is 12. The van der Waals surface area contributed by atoms with Gasteiger partial charge in [-0.2, -0.15) is 0 Å². The molecule has 278 valence electrons. The van der Waals surface area contributed by atoms with Crippen LogP contribution in [-0.4, -0.2) is 76.9 Å². The van der Waals surface area contributed by atoms with E-state index in [0.29, 0.717) is 0 Å². The minimum Gasteiger partial charge on any atom is -0.459 e. The smallest absolute Gasteiger partial charge is 0.338 e. The van der Waals surface area contributed by atoms with Crippen LogP contribution in [0.4, 0.5) is 0 Å². The van der Waals surface area contributed by atoms with Crippen molar-refractivity contribution in [2.45, 2.75) is 97.4 Å². The molecule has 0 aliphatic heterocycles. The Morgan fingerprint density at radius 2 is 1.23 bits per heavy atom. The fourth-order valence-electron chi connectivity index (χ4n) is 9.28. The van der Waals surface area contributed by atoms with Crippen LogP contribution in [0.5, 0.6) is 0 Å². The molecule has 0 bridgehead atoms. The Kier molecular flexibility index (Phi) is 10.3. The lowest BCUT2D eigenvalue weighted by molar-refractivity contribution is -0.314. The van der Waals surface area contributed by atoms with E-state index in [4.69, 9.17) is 23.7 Å². The quantitative estimate of drug-likeness (QED) is 0.225. The van der Waals surface area contributed by atoms with E-state index < -0.39 is 99.8 Å². The summed E-state index contributed by atoms with van der Waals surface area (Å²) in [4.78, 5) is 80.9. The lowest BCUT2D eigenvalue weighted by Gasteiger charge is -2.69. The number of aliphatic hydroxyl groups is 1. The lowest BCUT2D eigenvalue weighted by atomic mass is 9.38. The third-order valence-electron chi connectivity index (χ3n) is 11.4. The van der Waals surface area contributed by atoms with Gasteiger partial charge in [0.05, 0.1) is 16.5 Å². The van der Waals surface area contributed by atoms with Crippen molar-refractivity contribution in [2.24, 2.45) is 28.1 Å². The van der Waals surface area contributed by atoms with Gasteiger partial charge in [-0.1, -0.05) is 63.2 Å². The first kappa shape index (κ1) is 38.4. The molecule has 1 N–H and O–H groups in total. The minimum absolute atomic E-state index is 0.146. The average molecular weight is 719 g/mol. The van der Waals surface area contributed by atoms with E-state index in [2.05, 4.69) is 6.58 Å². The van der Waals surface area contributed by atoms with Gasteiger partial charge in [0.15, 0.2) is 17.5 Å². The third kappa shape index (κ3) is 6.42. The maximum atomic E-state index is 14.8. The van der Waals surface area contributed by atoms with Crippen LogP contribution in [-0.2, 0) is 42.9 Å². The molecule has 2 aromatic rings. The highest BCUT2D eigenvalue weighted by Gasteiger charge is 2.79. The van der Waals surface area contributed by atoms with Crippen LogP contribution in [0, 0.1) is 28.1 Å². The molecular formula is C40H46O12. The maximum absolute atomic E-state index is 14.8. The number of esters is 5. The molecule has 2 aromatic carbocycles. The summed E-state index contributed by atoms with van der Waals surface area (Å²) in [5.74, 6) is -6.85. The predicted octanol–water partition coefficient (Wildman–Crippen LogP) is 4.81. The van der Waals surface area contributed by atoms with E-state index in [9.17, 15) is 33.9 Å². The van der Waals surface area contributed by atoms with Gasteiger partial charge in [-0.15, -0.1) is 6.58 Å². The molecule has 10 atom stereocenters. The van der Waals surface area contributed by atoms with Crippen LogP contribution in [0.3, 0.4) is 0 Å². The number of ketones is 1. The molecule has 3 saturated carbocycles. The standard InChI is InChI=1S/C40H46O12/c1-9-38(7)21-27(51-34(44)25-16-12-10-13-17-25)31-39(8)28(20-29(48-22(2)41)40(31,47)36(38)46)37(5,6)32(50-24(4)43)30(49-23(3)42)33(39)52-35(45)26-18-14-11-15-19-26/h9-19,27-33,47H,1,20-21H2,2-8H3. The van der Waals surface area contributed by atoms with E-state index in [1.165, 1.54) is 25.1 Å². The SMILES string of the molecule is C=CC1(C)CC(OC(=O)c2ccccc2)C2C(O)(C1=O)C(OC(C)=O)CC1C(C)(C)C(OC(C)=O)C(OC(C)=O)C(OC(=O)c3ccccc3)C12C. The van der Waals surface area contributed by atoms with Gasteiger partial charge in [0.25, 0.3) is 0 Å². The molecule has 3 aliphatic carbocycles. The summed E-state index contributed by atoms with van der Waals surface area (Å²) in [5, 5.41) is 13.1.